The molecule has 0 N–H and O–H groups in total. The van der Waals surface area contributed by atoms with E-state index in [1.807, 2.05) is 0 Å². The molecule has 0 aliphatic carbocycles. The first-order valence-electron chi connectivity index (χ1n) is 6.60. The summed E-state index contributed by atoms with van der Waals surface area (Å²) in [6.07, 6.45) is 0.0997. The second-order valence-corrected chi connectivity index (χ2v) is 5.62. The quantitative estimate of drug-likeness (QED) is 0.775. The van der Waals surface area contributed by atoms with E-state index in [1.165, 1.54) is 12.1 Å². The Bertz CT molecular complexity index is 700. The molecule has 4 nitrogen and oxygen atoms in total. The van der Waals surface area contributed by atoms with E-state index in [4.69, 9.17) is 14.2 Å². The van der Waals surface area contributed by atoms with E-state index in [-0.39, 0.29) is 31.6 Å². The van der Waals surface area contributed by atoms with Gasteiger partial charge in [-0.1, -0.05) is 28.1 Å². The van der Waals surface area contributed by atoms with Gasteiger partial charge in [0.2, 0.25) is 6.79 Å². The molecule has 6 heteroatoms. The van der Waals surface area contributed by atoms with Crippen LogP contribution in [0.2, 0.25) is 0 Å². The van der Waals surface area contributed by atoms with Gasteiger partial charge >= 0.3 is 5.97 Å². The highest BCUT2D eigenvalue weighted by molar-refractivity contribution is 9.10. The summed E-state index contributed by atoms with van der Waals surface area (Å²) in [5.74, 6) is 0.582. The summed E-state index contributed by atoms with van der Waals surface area (Å²) in [7, 11) is 0. The summed E-state index contributed by atoms with van der Waals surface area (Å²) in [6, 6.07) is 9.32. The van der Waals surface area contributed by atoms with E-state index < -0.39 is 0 Å². The van der Waals surface area contributed by atoms with Gasteiger partial charge in [-0.3, -0.25) is 4.79 Å². The molecule has 1 heterocycles. The topological polar surface area (TPSA) is 44.8 Å². The number of halogens is 2. The third kappa shape index (κ3) is 3.39. The number of carbonyl (C=O) groups excluding carboxylic acids is 1. The number of benzene rings is 2. The molecular formula is C16H12BrFO4. The zero-order valence-electron chi connectivity index (χ0n) is 11.5. The predicted molar refractivity (Wildman–Crippen MR) is 80.2 cm³/mol. The molecule has 1 aliphatic rings. The van der Waals surface area contributed by atoms with E-state index in [9.17, 15) is 9.18 Å². The maximum Gasteiger partial charge on any atom is 0.310 e. The fourth-order valence-electron chi connectivity index (χ4n) is 2.05. The van der Waals surface area contributed by atoms with Gasteiger partial charge in [0.25, 0.3) is 0 Å². The van der Waals surface area contributed by atoms with Crippen LogP contribution in [0.3, 0.4) is 0 Å². The summed E-state index contributed by atoms with van der Waals surface area (Å²) in [6.45, 7) is 0.312. The molecule has 0 unspecified atom stereocenters. The summed E-state index contributed by atoms with van der Waals surface area (Å²) in [4.78, 5) is 11.8. The molecule has 0 radical (unpaired) electrons. The molecule has 0 saturated carbocycles. The highest BCUT2D eigenvalue weighted by atomic mass is 79.9. The van der Waals surface area contributed by atoms with E-state index in [0.29, 0.717) is 17.1 Å². The van der Waals surface area contributed by atoms with E-state index in [0.717, 1.165) is 10.0 Å². The number of carbonyl (C=O) groups is 1. The van der Waals surface area contributed by atoms with Crippen LogP contribution in [0.15, 0.2) is 40.9 Å². The van der Waals surface area contributed by atoms with Gasteiger partial charge < -0.3 is 14.2 Å². The van der Waals surface area contributed by atoms with Crippen molar-refractivity contribution < 1.29 is 23.4 Å². The van der Waals surface area contributed by atoms with Gasteiger partial charge in [-0.25, -0.2) is 4.39 Å². The van der Waals surface area contributed by atoms with Gasteiger partial charge in [-0.05, 0) is 29.8 Å². The molecule has 114 valence electrons. The second-order valence-electron chi connectivity index (χ2n) is 4.76. The summed E-state index contributed by atoms with van der Waals surface area (Å²) in [5, 5.41) is 0. The minimum absolute atomic E-state index is 0.0997. The lowest BCUT2D eigenvalue weighted by Crippen LogP contribution is -2.08. The lowest BCUT2D eigenvalue weighted by Gasteiger charge is -2.08. The van der Waals surface area contributed by atoms with E-state index in [2.05, 4.69) is 15.9 Å². The summed E-state index contributed by atoms with van der Waals surface area (Å²) >= 11 is 3.41. The third-order valence-electron chi connectivity index (χ3n) is 3.19. The van der Waals surface area contributed by atoms with Crippen LogP contribution in [0.4, 0.5) is 4.39 Å². The van der Waals surface area contributed by atoms with Crippen molar-refractivity contribution in [1.29, 1.82) is 0 Å². The van der Waals surface area contributed by atoms with Crippen molar-refractivity contribution in [3.63, 3.8) is 0 Å². The lowest BCUT2D eigenvalue weighted by molar-refractivity contribution is -0.144. The Labute approximate surface area is 134 Å². The fourth-order valence-corrected chi connectivity index (χ4v) is 2.48. The zero-order valence-corrected chi connectivity index (χ0v) is 13.1. The maximum absolute atomic E-state index is 12.8. The summed E-state index contributed by atoms with van der Waals surface area (Å²) in [5.41, 5.74) is 1.49. The Hall–Kier alpha value is -2.08. The normalized spacial score (nSPS) is 12.3. The van der Waals surface area contributed by atoms with Crippen LogP contribution in [0, 0.1) is 5.82 Å². The Morgan fingerprint density at radius 3 is 2.59 bits per heavy atom. The van der Waals surface area contributed by atoms with Gasteiger partial charge in [-0.15, -0.1) is 0 Å². The standard InChI is InChI=1S/C16H12BrFO4/c17-13-7-15-14(21-9-22-15)6-11(13)8-20-16(19)5-10-1-3-12(18)4-2-10/h1-4,6-7H,5,8-9H2. The average Bonchev–Trinajstić information content (AvgIpc) is 2.94. The van der Waals surface area contributed by atoms with Gasteiger partial charge in [0.05, 0.1) is 6.42 Å². The van der Waals surface area contributed by atoms with Crippen molar-refractivity contribution in [3.05, 3.63) is 57.8 Å². The molecular weight excluding hydrogens is 355 g/mol. The Balaban J connectivity index is 1.60. The van der Waals surface area contributed by atoms with Crippen molar-refractivity contribution in [2.75, 3.05) is 6.79 Å². The minimum Gasteiger partial charge on any atom is -0.461 e. The number of esters is 1. The molecule has 0 atom stereocenters. The first-order chi connectivity index (χ1) is 10.6. The average molecular weight is 367 g/mol. The van der Waals surface area contributed by atoms with Crippen molar-refractivity contribution >= 4 is 21.9 Å². The highest BCUT2D eigenvalue weighted by Crippen LogP contribution is 2.37. The first kappa shape index (κ1) is 14.8. The lowest BCUT2D eigenvalue weighted by atomic mass is 10.1. The number of hydrogen-bond acceptors (Lipinski definition) is 4. The molecule has 1 aliphatic heterocycles. The monoisotopic (exact) mass is 366 g/mol. The van der Waals surface area contributed by atoms with Crippen molar-refractivity contribution in [2.45, 2.75) is 13.0 Å². The van der Waals surface area contributed by atoms with Crippen LogP contribution >= 0.6 is 15.9 Å². The summed E-state index contributed by atoms with van der Waals surface area (Å²) < 4.78 is 29.4. The molecule has 0 bridgehead atoms. The van der Waals surface area contributed by atoms with Crippen molar-refractivity contribution in [2.24, 2.45) is 0 Å². The Morgan fingerprint density at radius 1 is 1.18 bits per heavy atom. The molecule has 22 heavy (non-hydrogen) atoms. The predicted octanol–water partition coefficient (Wildman–Crippen LogP) is 3.60. The van der Waals surface area contributed by atoms with Crippen molar-refractivity contribution in [1.82, 2.24) is 0 Å². The maximum atomic E-state index is 12.8. The first-order valence-corrected chi connectivity index (χ1v) is 7.39. The molecule has 2 aromatic rings. The van der Waals surface area contributed by atoms with Crippen LogP contribution in [-0.4, -0.2) is 12.8 Å². The van der Waals surface area contributed by atoms with Gasteiger partial charge in [0.1, 0.15) is 12.4 Å². The Morgan fingerprint density at radius 2 is 1.86 bits per heavy atom. The second kappa shape index (κ2) is 6.36. The van der Waals surface area contributed by atoms with Crippen LogP contribution in [0.1, 0.15) is 11.1 Å². The molecule has 0 fully saturated rings. The molecule has 0 aromatic heterocycles. The third-order valence-corrected chi connectivity index (χ3v) is 3.93. The molecule has 0 saturated heterocycles. The van der Waals surface area contributed by atoms with Crippen LogP contribution < -0.4 is 9.47 Å². The van der Waals surface area contributed by atoms with Crippen LogP contribution in [0.5, 0.6) is 11.5 Å². The van der Waals surface area contributed by atoms with Crippen LogP contribution in [-0.2, 0) is 22.6 Å². The van der Waals surface area contributed by atoms with E-state index >= 15 is 0 Å². The minimum atomic E-state index is -0.379. The van der Waals surface area contributed by atoms with Crippen molar-refractivity contribution in [3.8, 4) is 11.5 Å². The van der Waals surface area contributed by atoms with E-state index in [1.54, 1.807) is 24.3 Å². The molecule has 3 rings (SSSR count). The Kier molecular flexibility index (Phi) is 4.29. The fraction of sp³-hybridized carbons (Fsp3) is 0.188. The molecule has 0 spiro atoms. The number of rotatable bonds is 4. The number of fused-ring (bicyclic) bond motifs is 1. The SMILES string of the molecule is O=C(Cc1ccc(F)cc1)OCc1cc2c(cc1Br)OCO2. The smallest absolute Gasteiger partial charge is 0.310 e. The molecule has 0 amide bonds. The number of hydrogen-bond donors (Lipinski definition) is 0. The number of ether oxygens (including phenoxy) is 3. The largest absolute Gasteiger partial charge is 0.461 e. The van der Waals surface area contributed by atoms with Gasteiger partial charge in [0, 0.05) is 10.0 Å². The van der Waals surface area contributed by atoms with Gasteiger partial charge in [0.15, 0.2) is 11.5 Å². The van der Waals surface area contributed by atoms with Gasteiger partial charge in [-0.2, -0.15) is 0 Å². The highest BCUT2D eigenvalue weighted by Gasteiger charge is 2.17. The zero-order chi connectivity index (χ0) is 15.5. The van der Waals surface area contributed by atoms with Crippen LogP contribution in [0.25, 0.3) is 0 Å². The molecule has 2 aromatic carbocycles.